The number of amides is 1. The Morgan fingerprint density at radius 1 is 1.38 bits per heavy atom. The summed E-state index contributed by atoms with van der Waals surface area (Å²) in [4.78, 5) is 16.3. The van der Waals surface area contributed by atoms with Crippen molar-refractivity contribution in [3.05, 3.63) is 11.7 Å². The Kier molecular flexibility index (Phi) is 4.53. The van der Waals surface area contributed by atoms with Gasteiger partial charge < -0.3 is 14.6 Å². The van der Waals surface area contributed by atoms with E-state index in [4.69, 9.17) is 9.26 Å². The Balaban J connectivity index is 1.45. The zero-order valence-electron chi connectivity index (χ0n) is 12.5. The van der Waals surface area contributed by atoms with E-state index in [2.05, 4.69) is 15.5 Å². The summed E-state index contributed by atoms with van der Waals surface area (Å²) in [6.07, 6.45) is 6.99. The van der Waals surface area contributed by atoms with Gasteiger partial charge in [-0.15, -0.1) is 0 Å². The van der Waals surface area contributed by atoms with Gasteiger partial charge in [-0.1, -0.05) is 18.0 Å². The van der Waals surface area contributed by atoms with Gasteiger partial charge in [0, 0.05) is 18.6 Å². The smallest absolute Gasteiger partial charge is 0.229 e. The fraction of sp³-hybridized carbons (Fsp3) is 0.800. The van der Waals surface area contributed by atoms with Crippen LogP contribution >= 0.6 is 0 Å². The highest BCUT2D eigenvalue weighted by Crippen LogP contribution is 2.37. The molecule has 1 aromatic heterocycles. The van der Waals surface area contributed by atoms with Crippen molar-refractivity contribution in [1.82, 2.24) is 15.5 Å². The van der Waals surface area contributed by atoms with Crippen LogP contribution in [0, 0.1) is 0 Å². The molecule has 2 fully saturated rings. The van der Waals surface area contributed by atoms with Crippen LogP contribution in [0.15, 0.2) is 4.52 Å². The van der Waals surface area contributed by atoms with Crippen molar-refractivity contribution >= 4 is 5.91 Å². The lowest BCUT2D eigenvalue weighted by Gasteiger charge is -2.32. The van der Waals surface area contributed by atoms with E-state index in [1.807, 2.05) is 6.92 Å². The molecule has 1 N–H and O–H groups in total. The summed E-state index contributed by atoms with van der Waals surface area (Å²) in [5.41, 5.74) is 0. The van der Waals surface area contributed by atoms with E-state index < -0.39 is 0 Å². The van der Waals surface area contributed by atoms with Crippen LogP contribution in [0.2, 0.25) is 0 Å². The number of rotatable bonds is 6. The standard InChI is InChI=1S/C15H23N3O3/c1-2-20-12-7-10(8-12)15-17-13(18-21-15)9-14(19)16-11-5-3-4-6-11/h10-12H,2-9H2,1H3,(H,16,19). The van der Waals surface area contributed by atoms with Gasteiger partial charge in [-0.3, -0.25) is 4.79 Å². The normalized spacial score (nSPS) is 25.8. The second kappa shape index (κ2) is 6.56. The monoisotopic (exact) mass is 293 g/mol. The first-order valence-corrected chi connectivity index (χ1v) is 7.98. The second-order valence-electron chi connectivity index (χ2n) is 6.02. The number of carbonyl (C=O) groups excluding carboxylic acids is 1. The number of carbonyl (C=O) groups is 1. The Labute approximate surface area is 124 Å². The lowest BCUT2D eigenvalue weighted by atomic mass is 9.82. The first-order valence-electron chi connectivity index (χ1n) is 7.98. The highest BCUT2D eigenvalue weighted by Gasteiger charge is 2.35. The Morgan fingerprint density at radius 2 is 2.14 bits per heavy atom. The third kappa shape index (κ3) is 3.61. The number of nitrogens with one attached hydrogen (secondary N) is 1. The summed E-state index contributed by atoms with van der Waals surface area (Å²) in [5.74, 6) is 1.42. The molecule has 3 rings (SSSR count). The number of hydrogen-bond acceptors (Lipinski definition) is 5. The molecule has 21 heavy (non-hydrogen) atoms. The minimum atomic E-state index is -0.00458. The van der Waals surface area contributed by atoms with Gasteiger partial charge in [-0.25, -0.2) is 0 Å². The molecular formula is C15H23N3O3. The van der Waals surface area contributed by atoms with Crippen molar-refractivity contribution < 1.29 is 14.1 Å². The fourth-order valence-electron chi connectivity index (χ4n) is 3.14. The zero-order valence-corrected chi connectivity index (χ0v) is 12.5. The molecule has 0 bridgehead atoms. The van der Waals surface area contributed by atoms with Crippen molar-refractivity contribution in [3.8, 4) is 0 Å². The largest absolute Gasteiger partial charge is 0.378 e. The van der Waals surface area contributed by atoms with E-state index in [1.54, 1.807) is 0 Å². The summed E-state index contributed by atoms with van der Waals surface area (Å²) < 4.78 is 10.8. The van der Waals surface area contributed by atoms with Gasteiger partial charge in [-0.05, 0) is 32.6 Å². The number of ether oxygens (including phenoxy) is 1. The molecule has 0 unspecified atom stereocenters. The van der Waals surface area contributed by atoms with Gasteiger partial charge >= 0.3 is 0 Å². The van der Waals surface area contributed by atoms with E-state index in [0.717, 1.165) is 32.3 Å². The minimum absolute atomic E-state index is 0.00458. The Bertz CT molecular complexity index is 476. The van der Waals surface area contributed by atoms with Crippen LogP contribution in [0.1, 0.15) is 63.1 Å². The van der Waals surface area contributed by atoms with Gasteiger partial charge in [0.1, 0.15) is 0 Å². The molecule has 6 nitrogen and oxygen atoms in total. The van der Waals surface area contributed by atoms with E-state index in [0.29, 0.717) is 29.8 Å². The summed E-state index contributed by atoms with van der Waals surface area (Å²) in [6.45, 7) is 2.74. The third-order valence-corrected chi connectivity index (χ3v) is 4.37. The number of hydrogen-bond donors (Lipinski definition) is 1. The molecule has 2 saturated carbocycles. The highest BCUT2D eigenvalue weighted by molar-refractivity contribution is 5.78. The first-order chi connectivity index (χ1) is 10.2. The zero-order chi connectivity index (χ0) is 14.7. The van der Waals surface area contributed by atoms with Gasteiger partial charge in [0.2, 0.25) is 11.8 Å². The molecule has 0 radical (unpaired) electrons. The number of nitrogens with zero attached hydrogens (tertiary/aromatic N) is 2. The van der Waals surface area contributed by atoms with Crippen molar-refractivity contribution in [1.29, 1.82) is 0 Å². The van der Waals surface area contributed by atoms with E-state index in [1.165, 1.54) is 12.8 Å². The maximum absolute atomic E-state index is 11.9. The molecule has 0 spiro atoms. The Morgan fingerprint density at radius 3 is 2.86 bits per heavy atom. The van der Waals surface area contributed by atoms with Gasteiger partial charge in [0.25, 0.3) is 0 Å². The summed E-state index contributed by atoms with van der Waals surface area (Å²) in [5, 5.41) is 6.95. The highest BCUT2D eigenvalue weighted by atomic mass is 16.5. The van der Waals surface area contributed by atoms with E-state index in [9.17, 15) is 4.79 Å². The minimum Gasteiger partial charge on any atom is -0.378 e. The third-order valence-electron chi connectivity index (χ3n) is 4.37. The average Bonchev–Trinajstić information content (AvgIpc) is 3.05. The maximum atomic E-state index is 11.9. The van der Waals surface area contributed by atoms with E-state index >= 15 is 0 Å². The van der Waals surface area contributed by atoms with Crippen molar-refractivity contribution in [2.24, 2.45) is 0 Å². The van der Waals surface area contributed by atoms with Crippen LogP contribution in [0.5, 0.6) is 0 Å². The predicted octanol–water partition coefficient (Wildman–Crippen LogP) is 1.95. The number of aromatic nitrogens is 2. The van der Waals surface area contributed by atoms with Crippen molar-refractivity contribution in [3.63, 3.8) is 0 Å². The van der Waals surface area contributed by atoms with Gasteiger partial charge in [0.15, 0.2) is 5.82 Å². The predicted molar refractivity (Wildman–Crippen MR) is 75.8 cm³/mol. The van der Waals surface area contributed by atoms with Gasteiger partial charge in [-0.2, -0.15) is 4.98 Å². The lowest BCUT2D eigenvalue weighted by Crippen LogP contribution is -2.34. The fourth-order valence-corrected chi connectivity index (χ4v) is 3.14. The molecule has 2 aliphatic carbocycles. The van der Waals surface area contributed by atoms with Crippen molar-refractivity contribution in [2.75, 3.05) is 6.61 Å². The van der Waals surface area contributed by atoms with Crippen LogP contribution < -0.4 is 5.32 Å². The lowest BCUT2D eigenvalue weighted by molar-refractivity contribution is -0.121. The molecule has 1 heterocycles. The molecular weight excluding hydrogens is 270 g/mol. The van der Waals surface area contributed by atoms with Gasteiger partial charge in [0.05, 0.1) is 12.5 Å². The van der Waals surface area contributed by atoms with E-state index in [-0.39, 0.29) is 12.3 Å². The summed E-state index contributed by atoms with van der Waals surface area (Å²) in [6, 6.07) is 0.336. The first kappa shape index (κ1) is 14.5. The molecule has 2 aliphatic rings. The average molecular weight is 293 g/mol. The molecule has 6 heteroatoms. The van der Waals surface area contributed by atoms with Crippen LogP contribution in [0.3, 0.4) is 0 Å². The van der Waals surface area contributed by atoms with Crippen LogP contribution in [-0.4, -0.2) is 34.8 Å². The van der Waals surface area contributed by atoms with Crippen LogP contribution in [0.4, 0.5) is 0 Å². The molecule has 0 aromatic carbocycles. The maximum Gasteiger partial charge on any atom is 0.229 e. The molecule has 1 amide bonds. The summed E-state index contributed by atoms with van der Waals surface area (Å²) in [7, 11) is 0. The molecule has 1 aromatic rings. The topological polar surface area (TPSA) is 77.2 Å². The SMILES string of the molecule is CCOC1CC(c2nc(CC(=O)NC3CCCC3)no2)C1. The molecule has 116 valence electrons. The Hall–Kier alpha value is -1.43. The van der Waals surface area contributed by atoms with Crippen molar-refractivity contribution in [2.45, 2.75) is 69.9 Å². The second-order valence-corrected chi connectivity index (χ2v) is 6.02. The summed E-state index contributed by atoms with van der Waals surface area (Å²) >= 11 is 0. The van der Waals surface area contributed by atoms with Crippen LogP contribution in [0.25, 0.3) is 0 Å². The molecule has 0 saturated heterocycles. The molecule has 0 aliphatic heterocycles. The molecule has 0 atom stereocenters. The van der Waals surface area contributed by atoms with Crippen LogP contribution in [-0.2, 0) is 16.0 Å². The quantitative estimate of drug-likeness (QED) is 0.867.